The number of carbonyl (C=O) groups is 3. The lowest BCUT2D eigenvalue weighted by Crippen LogP contribution is -2.40. The molecule has 4 amide bonds. The van der Waals surface area contributed by atoms with Crippen molar-refractivity contribution in [1.82, 2.24) is 20.5 Å². The molecule has 1 atom stereocenters. The van der Waals surface area contributed by atoms with E-state index in [1.807, 2.05) is 24.8 Å². The van der Waals surface area contributed by atoms with E-state index in [1.54, 1.807) is 52.5 Å². The van der Waals surface area contributed by atoms with E-state index in [-0.39, 0.29) is 28.7 Å². The first-order valence-electron chi connectivity index (χ1n) is 19.5. The van der Waals surface area contributed by atoms with Gasteiger partial charge in [0.15, 0.2) is 0 Å². The fraction of sp³-hybridized carbons (Fsp3) is 0.488. The van der Waals surface area contributed by atoms with Crippen LogP contribution in [-0.2, 0) is 27.2 Å². The average molecular weight is 797 g/mol. The Morgan fingerprint density at radius 3 is 2.39 bits per heavy atom. The number of nitrogens with two attached hydrogens (primary N) is 1. The molecule has 3 aromatic rings. The molecular weight excluding hydrogens is 735 g/mol. The fourth-order valence-corrected chi connectivity index (χ4v) is 6.65. The van der Waals surface area contributed by atoms with Crippen LogP contribution in [0.1, 0.15) is 76.5 Å². The summed E-state index contributed by atoms with van der Waals surface area (Å²) >= 11 is 6.83. The maximum absolute atomic E-state index is 15.3. The number of methoxy groups -OCH3 is 2. The van der Waals surface area contributed by atoms with Crippen LogP contribution in [0.15, 0.2) is 48.0 Å². The van der Waals surface area contributed by atoms with Gasteiger partial charge < -0.3 is 36.1 Å². The van der Waals surface area contributed by atoms with Crippen LogP contribution in [0.2, 0.25) is 5.02 Å². The summed E-state index contributed by atoms with van der Waals surface area (Å²) in [6.07, 6.45) is 8.95. The molecule has 0 saturated carbocycles. The SMILES string of the molecule is CC.CCC(C)CCCCN(CCOC)C(=O)NC.CNC(=O)/C(=C\CN)C(=O)Nc1cccc(-c2c(F)ccc(-c3cc4c(c(OC)n3)CCC4)c2Cl)c1C. The molecule has 11 nitrogen and oxygen atoms in total. The molecule has 13 heteroatoms. The number of carbonyl (C=O) groups excluding carboxylic acids is 3. The number of hydrogen-bond acceptors (Lipinski definition) is 7. The summed E-state index contributed by atoms with van der Waals surface area (Å²) in [5.41, 5.74) is 10.5. The Hall–Kier alpha value is -4.52. The molecule has 5 N–H and O–H groups in total. The standard InChI is InChI=1S/C28H28ClFN4O3.C13H28N2O2.C2H6/c1-15-17(7-5-9-22(15)33-27(36)20(12-13-31)26(35)32-2)24-21(30)11-10-19(25(24)29)23-14-16-6-4-8-18(16)28(34-23)37-3;1-5-12(2)8-6-7-9-15(10-11-17-4)13(16)14-3;1-2/h5,7,9-12,14H,4,6,8,13,31H2,1-3H3,(H,32,35)(H,33,36);12H,5-11H2,1-4H3,(H,14,16);1-2H3/b20-12+;;. The Morgan fingerprint density at radius 1 is 1.04 bits per heavy atom. The van der Waals surface area contributed by atoms with E-state index < -0.39 is 17.6 Å². The molecule has 0 spiro atoms. The summed E-state index contributed by atoms with van der Waals surface area (Å²) < 4.78 is 25.8. The molecule has 1 aliphatic carbocycles. The van der Waals surface area contributed by atoms with Gasteiger partial charge in [0, 0.05) is 63.2 Å². The third-order valence-electron chi connectivity index (χ3n) is 9.64. The van der Waals surface area contributed by atoms with Crippen molar-refractivity contribution in [3.63, 3.8) is 0 Å². The molecule has 308 valence electrons. The maximum Gasteiger partial charge on any atom is 0.317 e. The molecule has 0 fully saturated rings. The fourth-order valence-electron chi connectivity index (χ4n) is 6.30. The van der Waals surface area contributed by atoms with E-state index >= 15 is 4.39 Å². The van der Waals surface area contributed by atoms with Crippen molar-refractivity contribution in [1.29, 1.82) is 0 Å². The predicted octanol–water partition coefficient (Wildman–Crippen LogP) is 8.10. The van der Waals surface area contributed by atoms with Crippen molar-refractivity contribution in [2.24, 2.45) is 11.7 Å². The Bertz CT molecular complexity index is 1790. The van der Waals surface area contributed by atoms with Crippen molar-refractivity contribution in [2.45, 2.75) is 79.6 Å². The van der Waals surface area contributed by atoms with E-state index in [4.69, 9.17) is 26.8 Å². The third-order valence-corrected chi connectivity index (χ3v) is 10.0. The van der Waals surface area contributed by atoms with Gasteiger partial charge in [-0.2, -0.15) is 0 Å². The van der Waals surface area contributed by atoms with E-state index in [2.05, 4.69) is 34.8 Å². The minimum Gasteiger partial charge on any atom is -0.481 e. The second-order valence-electron chi connectivity index (χ2n) is 13.2. The van der Waals surface area contributed by atoms with Gasteiger partial charge in [-0.15, -0.1) is 0 Å². The van der Waals surface area contributed by atoms with E-state index in [1.165, 1.54) is 38.5 Å². The second kappa shape index (κ2) is 24.9. The first-order chi connectivity index (χ1) is 26.9. The van der Waals surface area contributed by atoms with Crippen LogP contribution in [0, 0.1) is 18.7 Å². The molecule has 56 heavy (non-hydrogen) atoms. The second-order valence-corrected chi connectivity index (χ2v) is 13.6. The summed E-state index contributed by atoms with van der Waals surface area (Å²) in [4.78, 5) is 43.0. The number of anilines is 1. The van der Waals surface area contributed by atoms with Gasteiger partial charge in [-0.25, -0.2) is 14.2 Å². The van der Waals surface area contributed by atoms with Gasteiger partial charge in [-0.1, -0.05) is 76.8 Å². The van der Waals surface area contributed by atoms with Crippen LogP contribution in [0.5, 0.6) is 5.88 Å². The zero-order valence-corrected chi connectivity index (χ0v) is 35.4. The van der Waals surface area contributed by atoms with Crippen LogP contribution in [0.3, 0.4) is 0 Å². The van der Waals surface area contributed by atoms with Gasteiger partial charge in [-0.3, -0.25) is 9.59 Å². The molecule has 1 aromatic heterocycles. The Kier molecular flexibility index (Phi) is 21.2. The number of urea groups is 1. The number of aryl methyl sites for hydroxylation is 1. The van der Waals surface area contributed by atoms with Crippen LogP contribution >= 0.6 is 11.6 Å². The lowest BCUT2D eigenvalue weighted by atomic mass is 9.95. The van der Waals surface area contributed by atoms with Crippen LogP contribution < -0.4 is 26.4 Å². The van der Waals surface area contributed by atoms with Gasteiger partial charge in [0.2, 0.25) is 5.88 Å². The molecule has 1 unspecified atom stereocenters. The summed E-state index contributed by atoms with van der Waals surface area (Å²) in [6, 6.07) is 10.0. The number of aromatic nitrogens is 1. The van der Waals surface area contributed by atoms with Crippen molar-refractivity contribution in [3.8, 4) is 28.3 Å². The van der Waals surface area contributed by atoms with Crippen molar-refractivity contribution < 1.29 is 28.2 Å². The number of fused-ring (bicyclic) bond motifs is 1. The monoisotopic (exact) mass is 796 g/mol. The minimum absolute atomic E-state index is 0.00871. The smallest absolute Gasteiger partial charge is 0.317 e. The molecule has 0 aliphatic heterocycles. The van der Waals surface area contributed by atoms with Gasteiger partial charge in [0.1, 0.15) is 11.4 Å². The van der Waals surface area contributed by atoms with Gasteiger partial charge in [0.25, 0.3) is 11.8 Å². The number of nitrogens with zero attached hydrogens (tertiary/aromatic N) is 2. The van der Waals surface area contributed by atoms with Crippen molar-refractivity contribution in [3.05, 3.63) is 75.6 Å². The number of ether oxygens (including phenoxy) is 2. The number of halogens is 2. The highest BCUT2D eigenvalue weighted by Crippen LogP contribution is 2.42. The highest BCUT2D eigenvalue weighted by atomic mass is 35.5. The quantitative estimate of drug-likeness (QED) is 0.0496. The number of pyridine rings is 1. The Morgan fingerprint density at radius 2 is 1.77 bits per heavy atom. The normalized spacial score (nSPS) is 12.2. The number of nitrogens with one attached hydrogen (secondary N) is 3. The molecule has 0 saturated heterocycles. The third kappa shape index (κ3) is 13.0. The zero-order valence-electron chi connectivity index (χ0n) is 34.7. The average Bonchev–Trinajstić information content (AvgIpc) is 3.70. The van der Waals surface area contributed by atoms with E-state index in [0.29, 0.717) is 47.1 Å². The lowest BCUT2D eigenvalue weighted by molar-refractivity contribution is -0.121. The van der Waals surface area contributed by atoms with Crippen molar-refractivity contribution in [2.75, 3.05) is 59.9 Å². The summed E-state index contributed by atoms with van der Waals surface area (Å²) in [6.45, 7) is 12.3. The highest BCUT2D eigenvalue weighted by Gasteiger charge is 2.24. The summed E-state index contributed by atoms with van der Waals surface area (Å²) in [5, 5.41) is 8.02. The zero-order chi connectivity index (χ0) is 41.8. The largest absolute Gasteiger partial charge is 0.481 e. The topological polar surface area (TPSA) is 148 Å². The molecule has 0 radical (unpaired) electrons. The molecule has 2 aromatic carbocycles. The Labute approximate surface area is 337 Å². The first kappa shape index (κ1) is 47.6. The molecule has 1 heterocycles. The number of unbranched alkanes of at least 4 members (excludes halogenated alkanes) is 1. The first-order valence-corrected chi connectivity index (χ1v) is 19.9. The molecule has 4 rings (SSSR count). The van der Waals surface area contributed by atoms with Crippen LogP contribution in [0.4, 0.5) is 14.9 Å². The number of likely N-dealkylation sites (N-methyl/N-ethyl adjacent to an activating group) is 1. The number of benzene rings is 2. The van der Waals surface area contributed by atoms with E-state index in [9.17, 15) is 14.4 Å². The molecular formula is C43H62ClFN6O5. The van der Waals surface area contributed by atoms with Gasteiger partial charge >= 0.3 is 6.03 Å². The van der Waals surface area contributed by atoms with Crippen LogP contribution in [-0.4, -0.2) is 82.3 Å². The lowest BCUT2D eigenvalue weighted by Gasteiger charge is -2.22. The van der Waals surface area contributed by atoms with Crippen LogP contribution in [0.25, 0.3) is 22.4 Å². The predicted molar refractivity (Wildman–Crippen MR) is 226 cm³/mol. The Balaban J connectivity index is 0.000000481. The van der Waals surface area contributed by atoms with Gasteiger partial charge in [0.05, 0.1) is 24.4 Å². The molecule has 1 aliphatic rings. The summed E-state index contributed by atoms with van der Waals surface area (Å²) in [7, 11) is 6.34. The minimum atomic E-state index is -0.625. The summed E-state index contributed by atoms with van der Waals surface area (Å²) in [5.74, 6) is -0.342. The molecule has 0 bridgehead atoms. The maximum atomic E-state index is 15.3. The number of rotatable bonds is 16. The number of hydrogen-bond donors (Lipinski definition) is 4. The highest BCUT2D eigenvalue weighted by molar-refractivity contribution is 6.36. The number of amides is 4. The van der Waals surface area contributed by atoms with Crippen molar-refractivity contribution >= 4 is 35.1 Å². The van der Waals surface area contributed by atoms with E-state index in [0.717, 1.165) is 49.3 Å². The van der Waals surface area contributed by atoms with Gasteiger partial charge in [-0.05, 0) is 79.5 Å².